The summed E-state index contributed by atoms with van der Waals surface area (Å²) in [4.78, 5) is 0.831. The molecule has 1 atom stereocenters. The topological polar surface area (TPSA) is 17.1 Å². The summed E-state index contributed by atoms with van der Waals surface area (Å²) in [6.45, 7) is 2.18. The highest BCUT2D eigenvalue weighted by Crippen LogP contribution is 2.06. The molecule has 0 aliphatic heterocycles. The molecule has 0 saturated carbocycles. The average Bonchev–Trinajstić information content (AvgIpc) is 2.34. The molecule has 1 rings (SSSR count). The van der Waals surface area contributed by atoms with Crippen molar-refractivity contribution in [3.05, 3.63) is 47.5 Å². The molecule has 0 radical (unpaired) electrons. The van der Waals surface area contributed by atoms with E-state index in [1.807, 2.05) is 36.4 Å². The number of hydrogen-bond acceptors (Lipinski definition) is 1. The molecule has 0 aromatic heterocycles. The van der Waals surface area contributed by atoms with Gasteiger partial charge in [0.15, 0.2) is 0 Å². The van der Waals surface area contributed by atoms with Crippen LogP contribution in [0.5, 0.6) is 0 Å². The number of hydrogen-bond donors (Lipinski definition) is 0. The normalized spacial score (nSPS) is 11.6. The van der Waals surface area contributed by atoms with Crippen LogP contribution in [-0.2, 0) is 10.8 Å². The third kappa shape index (κ3) is 5.11. The van der Waals surface area contributed by atoms with Crippen molar-refractivity contribution in [2.75, 3.05) is 0 Å². The average molecular weight is 234 g/mol. The minimum atomic E-state index is -1.06. The van der Waals surface area contributed by atoms with Gasteiger partial charge in [0.1, 0.15) is 0 Å². The van der Waals surface area contributed by atoms with Gasteiger partial charge < -0.3 is 0 Å². The Morgan fingerprint density at radius 1 is 1.25 bits per heavy atom. The number of allylic oxidation sites excluding steroid dienone is 1. The van der Waals surface area contributed by atoms with Crippen LogP contribution in [0.25, 0.3) is 0 Å². The summed E-state index contributed by atoms with van der Waals surface area (Å²) in [5, 5.41) is 1.63. The quantitative estimate of drug-likeness (QED) is 0.536. The molecule has 0 aliphatic rings. The van der Waals surface area contributed by atoms with Gasteiger partial charge >= 0.3 is 0 Å². The van der Waals surface area contributed by atoms with Crippen LogP contribution in [0.1, 0.15) is 32.6 Å². The van der Waals surface area contributed by atoms with E-state index in [0.717, 1.165) is 11.3 Å². The highest BCUT2D eigenvalue weighted by atomic mass is 32.2. The maximum Gasteiger partial charge on any atom is 0.0854 e. The maximum atomic E-state index is 11.7. The van der Waals surface area contributed by atoms with Gasteiger partial charge in [-0.3, -0.25) is 0 Å². The number of unbranched alkanes of at least 4 members (excludes halogenated alkanes) is 3. The maximum absolute atomic E-state index is 11.7. The Hall–Kier alpha value is -1.11. The fourth-order valence-corrected chi connectivity index (χ4v) is 2.09. The van der Waals surface area contributed by atoms with Gasteiger partial charge in [-0.15, -0.1) is 5.73 Å². The zero-order valence-corrected chi connectivity index (χ0v) is 10.5. The van der Waals surface area contributed by atoms with E-state index >= 15 is 0 Å². The summed E-state index contributed by atoms with van der Waals surface area (Å²) in [5.41, 5.74) is 2.99. The Balaban J connectivity index is 2.42. The lowest BCUT2D eigenvalue weighted by Gasteiger charge is -1.92. The second-order valence-electron chi connectivity index (χ2n) is 3.59. The second kappa shape index (κ2) is 8.09. The van der Waals surface area contributed by atoms with Crippen LogP contribution in [0.15, 0.2) is 52.4 Å². The molecule has 0 aliphatic carbocycles. The molecule has 2 heteroatoms. The van der Waals surface area contributed by atoms with Gasteiger partial charge in [0, 0.05) is 10.3 Å². The first-order valence-electron chi connectivity index (χ1n) is 5.71. The van der Waals surface area contributed by atoms with Crippen LogP contribution in [0, 0.1) is 0 Å². The minimum Gasteiger partial charge on any atom is -0.249 e. The Kier molecular flexibility index (Phi) is 6.55. The molecule has 0 heterocycles. The summed E-state index contributed by atoms with van der Waals surface area (Å²) in [7, 11) is -1.06. The molecule has 86 valence electrons. The molecule has 1 unspecified atom stereocenters. The van der Waals surface area contributed by atoms with Crippen LogP contribution in [-0.4, -0.2) is 4.21 Å². The fourth-order valence-electron chi connectivity index (χ4n) is 1.31. The van der Waals surface area contributed by atoms with Gasteiger partial charge in [-0.25, -0.2) is 4.21 Å². The lowest BCUT2D eigenvalue weighted by molar-refractivity contribution is 0.688. The standard InChI is InChI=1S/C14H18OS/c1-2-3-4-5-6-10-13-16(15)14-11-8-7-9-12-14/h6-9,11-13H,2-5H2,1H3. The zero-order valence-electron chi connectivity index (χ0n) is 9.69. The van der Waals surface area contributed by atoms with Crippen LogP contribution in [0.4, 0.5) is 0 Å². The lowest BCUT2D eigenvalue weighted by atomic mass is 10.2. The van der Waals surface area contributed by atoms with Crippen LogP contribution in [0.2, 0.25) is 0 Å². The molecule has 1 aromatic carbocycles. The summed E-state index contributed by atoms with van der Waals surface area (Å²) in [5.74, 6) is 0. The van der Waals surface area contributed by atoms with Crippen molar-refractivity contribution < 1.29 is 4.21 Å². The Morgan fingerprint density at radius 2 is 2.00 bits per heavy atom. The molecular weight excluding hydrogens is 216 g/mol. The summed E-state index contributed by atoms with van der Waals surface area (Å²) in [6, 6.07) is 9.44. The van der Waals surface area contributed by atoms with Crippen molar-refractivity contribution in [2.24, 2.45) is 0 Å². The van der Waals surface area contributed by atoms with Gasteiger partial charge in [0.05, 0.1) is 10.8 Å². The van der Waals surface area contributed by atoms with Gasteiger partial charge in [0.2, 0.25) is 0 Å². The van der Waals surface area contributed by atoms with Crippen molar-refractivity contribution >= 4 is 10.8 Å². The molecular formula is C14H18OS. The second-order valence-corrected chi connectivity index (χ2v) is 4.90. The highest BCUT2D eigenvalue weighted by molar-refractivity contribution is 7.88. The van der Waals surface area contributed by atoms with E-state index in [0.29, 0.717) is 0 Å². The van der Waals surface area contributed by atoms with Gasteiger partial charge in [-0.2, -0.15) is 0 Å². The SMILES string of the molecule is CCCCCC=C=CS(=O)c1ccccc1. The van der Waals surface area contributed by atoms with Crippen molar-refractivity contribution in [1.29, 1.82) is 0 Å². The van der Waals surface area contributed by atoms with E-state index in [9.17, 15) is 4.21 Å². The van der Waals surface area contributed by atoms with E-state index < -0.39 is 10.8 Å². The summed E-state index contributed by atoms with van der Waals surface area (Å²) in [6.07, 6.45) is 6.66. The predicted molar refractivity (Wildman–Crippen MR) is 69.6 cm³/mol. The monoisotopic (exact) mass is 234 g/mol. The molecule has 1 nitrogen and oxygen atoms in total. The molecule has 0 fully saturated rings. The van der Waals surface area contributed by atoms with Gasteiger partial charge in [-0.05, 0) is 31.1 Å². The summed E-state index contributed by atoms with van der Waals surface area (Å²) < 4.78 is 11.7. The third-order valence-corrected chi connectivity index (χ3v) is 3.31. The number of benzene rings is 1. The largest absolute Gasteiger partial charge is 0.249 e. The Bertz CT molecular complexity index is 375. The minimum absolute atomic E-state index is 0.831. The molecule has 0 saturated heterocycles. The van der Waals surface area contributed by atoms with E-state index in [2.05, 4.69) is 12.7 Å². The van der Waals surface area contributed by atoms with Crippen molar-refractivity contribution in [3.63, 3.8) is 0 Å². The van der Waals surface area contributed by atoms with Gasteiger partial charge in [-0.1, -0.05) is 38.0 Å². The molecule has 0 bridgehead atoms. The molecule has 16 heavy (non-hydrogen) atoms. The van der Waals surface area contributed by atoms with E-state index in [4.69, 9.17) is 0 Å². The molecule has 0 N–H and O–H groups in total. The van der Waals surface area contributed by atoms with E-state index in [-0.39, 0.29) is 0 Å². The van der Waals surface area contributed by atoms with Gasteiger partial charge in [0.25, 0.3) is 0 Å². The lowest BCUT2D eigenvalue weighted by Crippen LogP contribution is -1.83. The van der Waals surface area contributed by atoms with Crippen LogP contribution in [0.3, 0.4) is 0 Å². The summed E-state index contributed by atoms with van der Waals surface area (Å²) >= 11 is 0. The van der Waals surface area contributed by atoms with Crippen molar-refractivity contribution in [3.8, 4) is 0 Å². The van der Waals surface area contributed by atoms with Crippen molar-refractivity contribution in [1.82, 2.24) is 0 Å². The smallest absolute Gasteiger partial charge is 0.0854 e. The predicted octanol–water partition coefficient (Wildman–Crippen LogP) is 4.04. The highest BCUT2D eigenvalue weighted by Gasteiger charge is 1.95. The van der Waals surface area contributed by atoms with E-state index in [1.165, 1.54) is 19.3 Å². The first-order chi connectivity index (χ1) is 7.84. The first kappa shape index (κ1) is 13.0. The van der Waals surface area contributed by atoms with Crippen molar-refractivity contribution in [2.45, 2.75) is 37.5 Å². The number of rotatable bonds is 6. The van der Waals surface area contributed by atoms with Crippen LogP contribution < -0.4 is 0 Å². The Labute approximate surface area is 100 Å². The molecule has 1 aromatic rings. The fraction of sp³-hybridized carbons (Fsp3) is 0.357. The third-order valence-electron chi connectivity index (χ3n) is 2.22. The van der Waals surface area contributed by atoms with Crippen LogP contribution >= 0.6 is 0 Å². The zero-order chi connectivity index (χ0) is 11.6. The Morgan fingerprint density at radius 3 is 2.69 bits per heavy atom. The molecule has 0 amide bonds. The van der Waals surface area contributed by atoms with E-state index in [1.54, 1.807) is 5.41 Å². The first-order valence-corrected chi connectivity index (χ1v) is 6.92. The molecule has 0 spiro atoms.